The molecule has 90 valence electrons. The molecule has 0 unspecified atom stereocenters. The van der Waals surface area contributed by atoms with Gasteiger partial charge in [0.25, 0.3) is 0 Å². The van der Waals surface area contributed by atoms with Gasteiger partial charge in [0.1, 0.15) is 0 Å². The van der Waals surface area contributed by atoms with E-state index in [0.717, 1.165) is 0 Å². The van der Waals surface area contributed by atoms with Crippen molar-refractivity contribution in [3.63, 3.8) is 0 Å². The van der Waals surface area contributed by atoms with Crippen LogP contribution in [0, 0.1) is 11.3 Å². The minimum atomic E-state index is 0.0865. The van der Waals surface area contributed by atoms with Crippen molar-refractivity contribution in [3.8, 4) is 6.07 Å². The summed E-state index contributed by atoms with van der Waals surface area (Å²) >= 11 is 0. The molecule has 4 heteroatoms. The highest BCUT2D eigenvalue weighted by Gasteiger charge is 2.22. The quantitative estimate of drug-likeness (QED) is 0.690. The van der Waals surface area contributed by atoms with Crippen LogP contribution in [0.2, 0.25) is 0 Å². The summed E-state index contributed by atoms with van der Waals surface area (Å²) in [6.45, 7) is 3.76. The molecule has 0 aromatic heterocycles. The van der Waals surface area contributed by atoms with E-state index in [4.69, 9.17) is 5.26 Å². The van der Waals surface area contributed by atoms with E-state index in [-0.39, 0.29) is 5.91 Å². The predicted molar refractivity (Wildman–Crippen MR) is 62.7 cm³/mol. The number of hydrogen-bond acceptors (Lipinski definition) is 3. The Morgan fingerprint density at radius 2 is 2.19 bits per heavy atom. The number of rotatable bonds is 6. The molecule has 0 aromatic carbocycles. The van der Waals surface area contributed by atoms with Crippen LogP contribution in [0.15, 0.2) is 0 Å². The third-order valence-corrected chi connectivity index (χ3v) is 3.11. The zero-order chi connectivity index (χ0) is 11.8. The van der Waals surface area contributed by atoms with Gasteiger partial charge in [0.15, 0.2) is 0 Å². The van der Waals surface area contributed by atoms with Crippen LogP contribution in [-0.4, -0.2) is 36.5 Å². The SMILES string of the molecule is CCNC(=O)CCN(CC#N)C1CCCC1. The average Bonchev–Trinajstić information content (AvgIpc) is 2.78. The fourth-order valence-corrected chi connectivity index (χ4v) is 2.28. The van der Waals surface area contributed by atoms with Gasteiger partial charge in [-0.15, -0.1) is 0 Å². The lowest BCUT2D eigenvalue weighted by Gasteiger charge is -2.25. The van der Waals surface area contributed by atoms with Crippen molar-refractivity contribution in [1.82, 2.24) is 10.2 Å². The van der Waals surface area contributed by atoms with E-state index in [9.17, 15) is 4.79 Å². The Hall–Kier alpha value is -1.08. The van der Waals surface area contributed by atoms with Crippen LogP contribution < -0.4 is 5.32 Å². The van der Waals surface area contributed by atoms with E-state index >= 15 is 0 Å². The summed E-state index contributed by atoms with van der Waals surface area (Å²) in [6, 6.07) is 2.72. The minimum Gasteiger partial charge on any atom is -0.356 e. The van der Waals surface area contributed by atoms with Gasteiger partial charge in [0.2, 0.25) is 5.91 Å². The van der Waals surface area contributed by atoms with Gasteiger partial charge in [-0.25, -0.2) is 0 Å². The van der Waals surface area contributed by atoms with E-state index in [2.05, 4.69) is 16.3 Å². The lowest BCUT2D eigenvalue weighted by atomic mass is 10.2. The number of hydrogen-bond donors (Lipinski definition) is 1. The summed E-state index contributed by atoms with van der Waals surface area (Å²) < 4.78 is 0. The summed E-state index contributed by atoms with van der Waals surface area (Å²) in [5.41, 5.74) is 0. The summed E-state index contributed by atoms with van der Waals surface area (Å²) in [7, 11) is 0. The zero-order valence-electron chi connectivity index (χ0n) is 10.0. The van der Waals surface area contributed by atoms with Gasteiger partial charge >= 0.3 is 0 Å². The summed E-state index contributed by atoms with van der Waals surface area (Å²) in [4.78, 5) is 13.5. The van der Waals surface area contributed by atoms with E-state index in [1.54, 1.807) is 0 Å². The molecule has 0 atom stereocenters. The molecule has 0 bridgehead atoms. The van der Waals surface area contributed by atoms with E-state index in [0.29, 0.717) is 32.1 Å². The maximum absolute atomic E-state index is 11.3. The molecule has 0 radical (unpaired) electrons. The number of nitrogens with zero attached hydrogens (tertiary/aromatic N) is 2. The van der Waals surface area contributed by atoms with Crippen LogP contribution in [0.25, 0.3) is 0 Å². The molecule has 0 aromatic rings. The number of nitriles is 1. The Bertz CT molecular complexity index is 253. The highest BCUT2D eigenvalue weighted by molar-refractivity contribution is 5.75. The molecule has 1 aliphatic rings. The van der Waals surface area contributed by atoms with Crippen LogP contribution in [0.5, 0.6) is 0 Å². The maximum Gasteiger partial charge on any atom is 0.221 e. The van der Waals surface area contributed by atoms with Crippen molar-refractivity contribution >= 4 is 5.91 Å². The first-order chi connectivity index (χ1) is 7.77. The Morgan fingerprint density at radius 1 is 1.50 bits per heavy atom. The Balaban J connectivity index is 2.33. The van der Waals surface area contributed by atoms with Crippen molar-refractivity contribution < 1.29 is 4.79 Å². The number of nitrogens with one attached hydrogen (secondary N) is 1. The van der Waals surface area contributed by atoms with Gasteiger partial charge in [-0.05, 0) is 19.8 Å². The van der Waals surface area contributed by atoms with E-state index < -0.39 is 0 Å². The van der Waals surface area contributed by atoms with Crippen molar-refractivity contribution in [2.24, 2.45) is 0 Å². The molecule has 1 fully saturated rings. The summed E-state index contributed by atoms with van der Waals surface area (Å²) in [5, 5.41) is 11.6. The second-order valence-corrected chi connectivity index (χ2v) is 4.27. The molecule has 4 nitrogen and oxygen atoms in total. The number of carbonyl (C=O) groups is 1. The second kappa shape index (κ2) is 7.24. The van der Waals surface area contributed by atoms with E-state index in [1.807, 2.05) is 6.92 Å². The molecular formula is C12H21N3O. The number of amides is 1. The molecule has 1 amide bonds. The Labute approximate surface area is 97.6 Å². The smallest absolute Gasteiger partial charge is 0.221 e. The van der Waals surface area contributed by atoms with Crippen LogP contribution >= 0.6 is 0 Å². The monoisotopic (exact) mass is 223 g/mol. The average molecular weight is 223 g/mol. The maximum atomic E-state index is 11.3. The van der Waals surface area contributed by atoms with Gasteiger partial charge in [-0.3, -0.25) is 9.69 Å². The highest BCUT2D eigenvalue weighted by atomic mass is 16.1. The molecule has 0 heterocycles. The zero-order valence-corrected chi connectivity index (χ0v) is 10.0. The third-order valence-electron chi connectivity index (χ3n) is 3.11. The first-order valence-electron chi connectivity index (χ1n) is 6.15. The topological polar surface area (TPSA) is 56.1 Å². The van der Waals surface area contributed by atoms with Gasteiger partial charge in [0, 0.05) is 25.6 Å². The highest BCUT2D eigenvalue weighted by Crippen LogP contribution is 2.23. The minimum absolute atomic E-state index is 0.0865. The van der Waals surface area contributed by atoms with Crippen molar-refractivity contribution in [2.75, 3.05) is 19.6 Å². The Kier molecular flexibility index (Phi) is 5.87. The van der Waals surface area contributed by atoms with Crippen molar-refractivity contribution in [1.29, 1.82) is 5.26 Å². The molecule has 0 aliphatic heterocycles. The van der Waals surface area contributed by atoms with Crippen LogP contribution in [0.3, 0.4) is 0 Å². The second-order valence-electron chi connectivity index (χ2n) is 4.27. The lowest BCUT2D eigenvalue weighted by Crippen LogP contribution is -2.37. The van der Waals surface area contributed by atoms with E-state index in [1.165, 1.54) is 25.7 Å². The first-order valence-corrected chi connectivity index (χ1v) is 6.15. The fraction of sp³-hybridized carbons (Fsp3) is 0.833. The molecule has 0 spiro atoms. The molecule has 1 rings (SSSR count). The van der Waals surface area contributed by atoms with Crippen molar-refractivity contribution in [2.45, 2.75) is 45.1 Å². The predicted octanol–water partition coefficient (Wildman–Crippen LogP) is 1.28. The molecule has 1 N–H and O–H groups in total. The normalized spacial score (nSPS) is 16.3. The molecule has 0 saturated heterocycles. The largest absolute Gasteiger partial charge is 0.356 e. The van der Waals surface area contributed by atoms with Gasteiger partial charge in [-0.1, -0.05) is 12.8 Å². The van der Waals surface area contributed by atoms with Gasteiger partial charge in [-0.2, -0.15) is 5.26 Å². The van der Waals surface area contributed by atoms with Crippen LogP contribution in [0.1, 0.15) is 39.0 Å². The standard InChI is InChI=1S/C12H21N3O/c1-2-14-12(16)7-9-15(10-8-13)11-5-3-4-6-11/h11H,2-7,9-10H2,1H3,(H,14,16). The third kappa shape index (κ3) is 4.19. The summed E-state index contributed by atoms with van der Waals surface area (Å²) in [6.07, 6.45) is 5.38. The molecular weight excluding hydrogens is 202 g/mol. The molecule has 1 aliphatic carbocycles. The summed E-state index contributed by atoms with van der Waals surface area (Å²) in [5.74, 6) is 0.0865. The van der Waals surface area contributed by atoms with Gasteiger partial charge < -0.3 is 5.32 Å². The van der Waals surface area contributed by atoms with Crippen LogP contribution in [-0.2, 0) is 4.79 Å². The first kappa shape index (κ1) is 13.0. The van der Waals surface area contributed by atoms with Crippen molar-refractivity contribution in [3.05, 3.63) is 0 Å². The van der Waals surface area contributed by atoms with Crippen LogP contribution in [0.4, 0.5) is 0 Å². The Morgan fingerprint density at radius 3 is 2.75 bits per heavy atom. The molecule has 1 saturated carbocycles. The fourth-order valence-electron chi connectivity index (χ4n) is 2.28. The number of carbonyl (C=O) groups excluding carboxylic acids is 1. The lowest BCUT2D eigenvalue weighted by molar-refractivity contribution is -0.121. The van der Waals surface area contributed by atoms with Gasteiger partial charge in [0.05, 0.1) is 12.6 Å². The molecule has 16 heavy (non-hydrogen) atoms.